The van der Waals surface area contributed by atoms with E-state index in [2.05, 4.69) is 29.0 Å². The van der Waals surface area contributed by atoms with Crippen LogP contribution in [0.4, 0.5) is 0 Å². The molecule has 2 atom stereocenters. The SMILES string of the molecule is CC(C)N1CCN(Cc2ccc3c(c2)C(=O)C(C2CCC(=O)NC2=O)C3=O)CC1. The summed E-state index contributed by atoms with van der Waals surface area (Å²) in [7, 11) is 0. The summed E-state index contributed by atoms with van der Waals surface area (Å²) >= 11 is 0. The molecule has 4 rings (SSSR count). The number of hydrogen-bond donors (Lipinski definition) is 1. The van der Waals surface area contributed by atoms with Crippen molar-refractivity contribution in [3.8, 4) is 0 Å². The smallest absolute Gasteiger partial charge is 0.230 e. The van der Waals surface area contributed by atoms with E-state index < -0.39 is 17.7 Å². The fourth-order valence-electron chi connectivity index (χ4n) is 4.65. The lowest BCUT2D eigenvalue weighted by atomic mass is 9.82. The molecule has 2 heterocycles. The van der Waals surface area contributed by atoms with Gasteiger partial charge in [0.05, 0.1) is 11.8 Å². The van der Waals surface area contributed by atoms with Crippen LogP contribution >= 0.6 is 0 Å². The van der Waals surface area contributed by atoms with E-state index >= 15 is 0 Å². The Labute approximate surface area is 170 Å². The lowest BCUT2D eigenvalue weighted by Crippen LogP contribution is -2.48. The van der Waals surface area contributed by atoms with E-state index in [1.54, 1.807) is 6.07 Å². The number of piperidine rings is 1. The number of carbonyl (C=O) groups is 4. The Hall–Kier alpha value is -2.38. The maximum atomic E-state index is 13.0. The number of piperazine rings is 1. The van der Waals surface area contributed by atoms with E-state index in [-0.39, 0.29) is 30.3 Å². The van der Waals surface area contributed by atoms with Gasteiger partial charge in [0, 0.05) is 56.3 Å². The zero-order valence-corrected chi connectivity index (χ0v) is 16.9. The van der Waals surface area contributed by atoms with Crippen LogP contribution in [0.2, 0.25) is 0 Å². The van der Waals surface area contributed by atoms with Crippen LogP contribution in [-0.4, -0.2) is 65.4 Å². The highest BCUT2D eigenvalue weighted by Gasteiger charge is 2.47. The number of carbonyl (C=O) groups excluding carboxylic acids is 4. The second-order valence-corrected chi connectivity index (χ2v) is 8.55. The predicted octanol–water partition coefficient (Wildman–Crippen LogP) is 1.26. The number of ketones is 2. The van der Waals surface area contributed by atoms with Gasteiger partial charge >= 0.3 is 0 Å². The number of Topliss-reactive ketones (excluding diaryl/α,β-unsaturated/α-hetero) is 2. The molecule has 154 valence electrons. The summed E-state index contributed by atoms with van der Waals surface area (Å²) in [6.07, 6.45) is 0.408. The molecule has 29 heavy (non-hydrogen) atoms. The third-order valence-electron chi connectivity index (χ3n) is 6.41. The van der Waals surface area contributed by atoms with Crippen LogP contribution in [0.25, 0.3) is 0 Å². The van der Waals surface area contributed by atoms with Gasteiger partial charge < -0.3 is 0 Å². The van der Waals surface area contributed by atoms with E-state index in [4.69, 9.17) is 0 Å². The van der Waals surface area contributed by atoms with E-state index in [1.807, 2.05) is 12.1 Å². The highest BCUT2D eigenvalue weighted by molar-refractivity contribution is 6.28. The Kier molecular flexibility index (Phi) is 5.36. The predicted molar refractivity (Wildman–Crippen MR) is 106 cm³/mol. The van der Waals surface area contributed by atoms with Crippen LogP contribution in [0.1, 0.15) is 53.0 Å². The first kappa shape index (κ1) is 19.9. The Morgan fingerprint density at radius 1 is 1.00 bits per heavy atom. The first-order chi connectivity index (χ1) is 13.8. The molecule has 0 saturated carbocycles. The van der Waals surface area contributed by atoms with Gasteiger partial charge in [0.25, 0.3) is 0 Å². The number of nitrogens with zero attached hydrogens (tertiary/aromatic N) is 2. The molecule has 2 fully saturated rings. The van der Waals surface area contributed by atoms with Crippen molar-refractivity contribution >= 4 is 23.4 Å². The van der Waals surface area contributed by atoms with Gasteiger partial charge in [0.2, 0.25) is 11.8 Å². The summed E-state index contributed by atoms with van der Waals surface area (Å²) in [4.78, 5) is 54.2. The van der Waals surface area contributed by atoms with Crippen molar-refractivity contribution in [2.75, 3.05) is 26.2 Å². The molecule has 2 aliphatic heterocycles. The Morgan fingerprint density at radius 3 is 2.34 bits per heavy atom. The number of amides is 2. The average molecular weight is 397 g/mol. The van der Waals surface area contributed by atoms with Crippen molar-refractivity contribution in [1.82, 2.24) is 15.1 Å². The van der Waals surface area contributed by atoms with Crippen molar-refractivity contribution in [3.63, 3.8) is 0 Å². The summed E-state index contributed by atoms with van der Waals surface area (Å²) in [6.45, 7) is 9.15. The third kappa shape index (κ3) is 3.76. The second kappa shape index (κ2) is 7.80. The molecule has 2 saturated heterocycles. The minimum absolute atomic E-state index is 0.164. The summed E-state index contributed by atoms with van der Waals surface area (Å²) in [6, 6.07) is 5.99. The molecule has 1 aromatic rings. The molecule has 3 aliphatic rings. The van der Waals surface area contributed by atoms with Crippen molar-refractivity contribution < 1.29 is 19.2 Å². The third-order valence-corrected chi connectivity index (χ3v) is 6.41. The summed E-state index contributed by atoms with van der Waals surface area (Å²) in [5.41, 5.74) is 1.83. The molecule has 0 spiro atoms. The van der Waals surface area contributed by atoms with Gasteiger partial charge in [-0.2, -0.15) is 0 Å². The summed E-state index contributed by atoms with van der Waals surface area (Å²) in [5, 5.41) is 2.26. The fraction of sp³-hybridized carbons (Fsp3) is 0.545. The molecule has 7 heteroatoms. The zero-order valence-electron chi connectivity index (χ0n) is 16.9. The number of rotatable bonds is 4. The number of fused-ring (bicyclic) bond motifs is 1. The van der Waals surface area contributed by atoms with E-state index in [0.29, 0.717) is 17.2 Å². The fourth-order valence-corrected chi connectivity index (χ4v) is 4.65. The van der Waals surface area contributed by atoms with Crippen LogP contribution in [-0.2, 0) is 16.1 Å². The van der Waals surface area contributed by atoms with Crippen LogP contribution in [0.5, 0.6) is 0 Å². The van der Waals surface area contributed by atoms with Crippen LogP contribution in [0.15, 0.2) is 18.2 Å². The highest BCUT2D eigenvalue weighted by atomic mass is 16.2. The minimum Gasteiger partial charge on any atom is -0.298 e. The van der Waals surface area contributed by atoms with Crippen molar-refractivity contribution in [2.24, 2.45) is 11.8 Å². The number of nitrogens with one attached hydrogen (secondary N) is 1. The zero-order chi connectivity index (χ0) is 20.7. The molecule has 2 unspecified atom stereocenters. The normalized spacial score (nSPS) is 26.2. The molecule has 1 aliphatic carbocycles. The molecular formula is C22H27N3O4. The monoisotopic (exact) mass is 397 g/mol. The van der Waals surface area contributed by atoms with Crippen molar-refractivity contribution in [3.05, 3.63) is 34.9 Å². The molecule has 0 bridgehead atoms. The molecule has 0 radical (unpaired) electrons. The molecule has 7 nitrogen and oxygen atoms in total. The second-order valence-electron chi connectivity index (χ2n) is 8.55. The van der Waals surface area contributed by atoms with Crippen molar-refractivity contribution in [1.29, 1.82) is 0 Å². The standard InChI is InChI=1S/C22H27N3O4/c1-13(2)25-9-7-24(8-10-25)12-14-3-4-15-17(11-14)21(28)19(20(15)27)16-5-6-18(26)23-22(16)29/h3-4,11,13,16,19H,5-10,12H2,1-2H3,(H,23,26,29). The number of hydrogen-bond acceptors (Lipinski definition) is 6. The molecule has 2 amide bonds. The van der Waals surface area contributed by atoms with E-state index in [0.717, 1.165) is 38.3 Å². The maximum Gasteiger partial charge on any atom is 0.230 e. The van der Waals surface area contributed by atoms with Gasteiger partial charge in [-0.15, -0.1) is 0 Å². The Morgan fingerprint density at radius 2 is 1.69 bits per heavy atom. The summed E-state index contributed by atoms with van der Waals surface area (Å²) in [5.74, 6) is -3.19. The highest BCUT2D eigenvalue weighted by Crippen LogP contribution is 2.35. The van der Waals surface area contributed by atoms with Gasteiger partial charge in [-0.1, -0.05) is 12.1 Å². The van der Waals surface area contributed by atoms with Gasteiger partial charge in [-0.25, -0.2) is 0 Å². The van der Waals surface area contributed by atoms with E-state index in [9.17, 15) is 19.2 Å². The van der Waals surface area contributed by atoms with Gasteiger partial charge in [-0.05, 0) is 31.9 Å². The lowest BCUT2D eigenvalue weighted by molar-refractivity contribution is -0.137. The summed E-state index contributed by atoms with van der Waals surface area (Å²) < 4.78 is 0. The van der Waals surface area contributed by atoms with E-state index in [1.165, 1.54) is 0 Å². The molecular weight excluding hydrogens is 370 g/mol. The minimum atomic E-state index is -0.997. The lowest BCUT2D eigenvalue weighted by Gasteiger charge is -2.37. The van der Waals surface area contributed by atoms with Gasteiger partial charge in [0.1, 0.15) is 0 Å². The van der Waals surface area contributed by atoms with Gasteiger partial charge in [0.15, 0.2) is 11.6 Å². The quantitative estimate of drug-likeness (QED) is 0.608. The van der Waals surface area contributed by atoms with Gasteiger partial charge in [-0.3, -0.25) is 34.3 Å². The average Bonchev–Trinajstić information content (AvgIpc) is 2.93. The number of imide groups is 1. The number of benzene rings is 1. The van der Waals surface area contributed by atoms with Crippen LogP contribution < -0.4 is 5.32 Å². The maximum absolute atomic E-state index is 13.0. The van der Waals surface area contributed by atoms with Crippen molar-refractivity contribution in [2.45, 2.75) is 39.3 Å². The van der Waals surface area contributed by atoms with Crippen LogP contribution in [0, 0.1) is 11.8 Å². The molecule has 1 aromatic carbocycles. The topological polar surface area (TPSA) is 86.8 Å². The molecule has 0 aromatic heterocycles. The largest absolute Gasteiger partial charge is 0.298 e. The Bertz CT molecular complexity index is 871. The molecule has 1 N–H and O–H groups in total. The first-order valence-electron chi connectivity index (χ1n) is 10.4. The van der Waals surface area contributed by atoms with Crippen LogP contribution in [0.3, 0.4) is 0 Å². The Balaban J connectivity index is 1.47. The first-order valence-corrected chi connectivity index (χ1v) is 10.4.